The molecule has 0 saturated heterocycles. The molecule has 0 unspecified atom stereocenters. The Morgan fingerprint density at radius 2 is 1.80 bits per heavy atom. The third-order valence-corrected chi connectivity index (χ3v) is 3.33. The van der Waals surface area contributed by atoms with Crippen molar-refractivity contribution in [2.45, 2.75) is 13.0 Å². The van der Waals surface area contributed by atoms with Crippen molar-refractivity contribution in [2.24, 2.45) is 0 Å². The van der Waals surface area contributed by atoms with Crippen molar-refractivity contribution in [3.63, 3.8) is 0 Å². The summed E-state index contributed by atoms with van der Waals surface area (Å²) in [6.45, 7) is 1.61. The zero-order valence-electron chi connectivity index (χ0n) is 11.3. The van der Waals surface area contributed by atoms with Gasteiger partial charge >= 0.3 is 5.97 Å². The van der Waals surface area contributed by atoms with Gasteiger partial charge in [0.2, 0.25) is 0 Å². The molecule has 0 saturated carbocycles. The number of benzene rings is 2. The molecule has 2 N–H and O–H groups in total. The second kappa shape index (κ2) is 7.03. The molecule has 4 heteroatoms. The molecular weight excluding hydrogens is 254 g/mol. The van der Waals surface area contributed by atoms with Crippen molar-refractivity contribution >= 4 is 16.7 Å². The number of carboxylic acids is 1. The van der Waals surface area contributed by atoms with Gasteiger partial charge in [-0.2, -0.15) is 0 Å². The molecule has 0 aromatic heterocycles. The number of nitrogens with zero attached hydrogens (tertiary/aromatic N) is 1. The van der Waals surface area contributed by atoms with Crippen LogP contribution < -0.4 is 0 Å². The number of fused-ring (bicyclic) bond motifs is 1. The van der Waals surface area contributed by atoms with E-state index < -0.39 is 5.97 Å². The van der Waals surface area contributed by atoms with Gasteiger partial charge in [0.05, 0.1) is 13.0 Å². The Hall–Kier alpha value is -1.91. The fourth-order valence-corrected chi connectivity index (χ4v) is 2.34. The van der Waals surface area contributed by atoms with Gasteiger partial charge in [0, 0.05) is 19.6 Å². The maximum Gasteiger partial charge on any atom is 0.304 e. The minimum atomic E-state index is -0.814. The summed E-state index contributed by atoms with van der Waals surface area (Å²) in [4.78, 5) is 12.7. The highest BCUT2D eigenvalue weighted by atomic mass is 16.4. The van der Waals surface area contributed by atoms with E-state index in [-0.39, 0.29) is 13.0 Å². The number of aliphatic carboxylic acids is 1. The average molecular weight is 273 g/mol. The monoisotopic (exact) mass is 273 g/mol. The van der Waals surface area contributed by atoms with Crippen LogP contribution in [0.2, 0.25) is 0 Å². The van der Waals surface area contributed by atoms with Crippen molar-refractivity contribution in [2.75, 3.05) is 19.7 Å². The topological polar surface area (TPSA) is 60.8 Å². The fraction of sp³-hybridized carbons (Fsp3) is 0.312. The first kappa shape index (κ1) is 14.5. The maximum atomic E-state index is 10.7. The molecule has 0 aliphatic carbocycles. The molecule has 0 fully saturated rings. The molecule has 0 aliphatic heterocycles. The third kappa shape index (κ3) is 3.79. The summed E-state index contributed by atoms with van der Waals surface area (Å²) in [7, 11) is 0. The number of carbonyl (C=O) groups is 1. The quantitative estimate of drug-likeness (QED) is 0.811. The Balaban J connectivity index is 2.17. The summed E-state index contributed by atoms with van der Waals surface area (Å²) < 4.78 is 0. The third-order valence-electron chi connectivity index (χ3n) is 3.33. The first-order valence-electron chi connectivity index (χ1n) is 6.72. The first-order valence-corrected chi connectivity index (χ1v) is 6.72. The molecular formula is C16H19NO3. The normalized spacial score (nSPS) is 11.1. The fourth-order valence-electron chi connectivity index (χ4n) is 2.34. The average Bonchev–Trinajstić information content (AvgIpc) is 2.45. The van der Waals surface area contributed by atoms with Gasteiger partial charge < -0.3 is 10.2 Å². The maximum absolute atomic E-state index is 10.7. The van der Waals surface area contributed by atoms with Crippen LogP contribution in [0.5, 0.6) is 0 Å². The van der Waals surface area contributed by atoms with Crippen LogP contribution in [0.3, 0.4) is 0 Å². The van der Waals surface area contributed by atoms with E-state index in [0.29, 0.717) is 19.6 Å². The SMILES string of the molecule is O=C(O)CCN(CCO)Cc1cccc2ccccc12. The van der Waals surface area contributed by atoms with E-state index >= 15 is 0 Å². The minimum Gasteiger partial charge on any atom is -0.481 e. The molecule has 0 aliphatic rings. The van der Waals surface area contributed by atoms with Crippen LogP contribution in [-0.2, 0) is 11.3 Å². The zero-order chi connectivity index (χ0) is 14.4. The van der Waals surface area contributed by atoms with Gasteiger partial charge in [-0.1, -0.05) is 42.5 Å². The van der Waals surface area contributed by atoms with E-state index in [4.69, 9.17) is 10.2 Å². The van der Waals surface area contributed by atoms with Gasteiger partial charge in [0.25, 0.3) is 0 Å². The Bertz CT molecular complexity index is 577. The predicted molar refractivity (Wildman–Crippen MR) is 78.6 cm³/mol. The van der Waals surface area contributed by atoms with Crippen molar-refractivity contribution in [1.82, 2.24) is 4.90 Å². The van der Waals surface area contributed by atoms with E-state index in [2.05, 4.69) is 18.2 Å². The highest BCUT2D eigenvalue weighted by molar-refractivity contribution is 5.85. The lowest BCUT2D eigenvalue weighted by atomic mass is 10.0. The van der Waals surface area contributed by atoms with Gasteiger partial charge in [0.15, 0.2) is 0 Å². The van der Waals surface area contributed by atoms with Crippen LogP contribution in [0.1, 0.15) is 12.0 Å². The molecule has 106 valence electrons. The molecule has 0 heterocycles. The number of rotatable bonds is 7. The smallest absolute Gasteiger partial charge is 0.304 e. The predicted octanol–water partition coefficient (Wildman–Crippen LogP) is 2.11. The highest BCUT2D eigenvalue weighted by Crippen LogP contribution is 2.20. The van der Waals surface area contributed by atoms with E-state index in [0.717, 1.165) is 5.56 Å². The Morgan fingerprint density at radius 3 is 2.55 bits per heavy atom. The molecule has 0 spiro atoms. The Kier molecular flexibility index (Phi) is 5.09. The van der Waals surface area contributed by atoms with Crippen LogP contribution in [0.15, 0.2) is 42.5 Å². The molecule has 20 heavy (non-hydrogen) atoms. The number of aliphatic hydroxyl groups is 1. The van der Waals surface area contributed by atoms with Crippen molar-refractivity contribution in [1.29, 1.82) is 0 Å². The second-order valence-corrected chi connectivity index (χ2v) is 4.78. The molecule has 0 bridgehead atoms. The molecule has 2 aromatic rings. The number of hydrogen-bond donors (Lipinski definition) is 2. The summed E-state index contributed by atoms with van der Waals surface area (Å²) in [6.07, 6.45) is 0.0881. The van der Waals surface area contributed by atoms with E-state index in [1.54, 1.807) is 0 Å². The van der Waals surface area contributed by atoms with Crippen LogP contribution >= 0.6 is 0 Å². The molecule has 0 amide bonds. The second-order valence-electron chi connectivity index (χ2n) is 4.78. The van der Waals surface area contributed by atoms with Gasteiger partial charge in [-0.15, -0.1) is 0 Å². The lowest BCUT2D eigenvalue weighted by Crippen LogP contribution is -2.29. The van der Waals surface area contributed by atoms with Gasteiger partial charge in [-0.25, -0.2) is 0 Å². The summed E-state index contributed by atoms with van der Waals surface area (Å²) in [5.74, 6) is -0.814. The van der Waals surface area contributed by atoms with Crippen LogP contribution in [0.25, 0.3) is 10.8 Å². The number of aliphatic hydroxyl groups excluding tert-OH is 1. The molecule has 0 atom stereocenters. The highest BCUT2D eigenvalue weighted by Gasteiger charge is 2.09. The minimum absolute atomic E-state index is 0.0321. The van der Waals surface area contributed by atoms with Gasteiger partial charge in [-0.3, -0.25) is 9.69 Å². The van der Waals surface area contributed by atoms with E-state index in [1.807, 2.05) is 29.2 Å². The molecule has 2 rings (SSSR count). The molecule has 2 aromatic carbocycles. The summed E-state index contributed by atoms with van der Waals surface area (Å²) in [5.41, 5.74) is 1.15. The largest absolute Gasteiger partial charge is 0.481 e. The Labute approximate surface area is 118 Å². The molecule has 0 radical (unpaired) electrons. The summed E-state index contributed by atoms with van der Waals surface area (Å²) in [5, 5.41) is 20.2. The Morgan fingerprint density at radius 1 is 1.05 bits per heavy atom. The number of carboxylic acid groups (broad SMARTS) is 1. The zero-order valence-corrected chi connectivity index (χ0v) is 11.3. The van der Waals surface area contributed by atoms with Crippen LogP contribution in [-0.4, -0.2) is 40.8 Å². The lowest BCUT2D eigenvalue weighted by Gasteiger charge is -2.21. The van der Waals surface area contributed by atoms with Crippen molar-refractivity contribution < 1.29 is 15.0 Å². The van der Waals surface area contributed by atoms with Crippen molar-refractivity contribution in [3.05, 3.63) is 48.0 Å². The van der Waals surface area contributed by atoms with Gasteiger partial charge in [0.1, 0.15) is 0 Å². The van der Waals surface area contributed by atoms with E-state index in [9.17, 15) is 4.79 Å². The summed E-state index contributed by atoms with van der Waals surface area (Å²) in [6, 6.07) is 14.2. The lowest BCUT2D eigenvalue weighted by molar-refractivity contribution is -0.137. The standard InChI is InChI=1S/C16H19NO3/c18-11-10-17(9-8-16(19)20)12-14-6-3-5-13-4-1-2-7-15(13)14/h1-7,18H,8-12H2,(H,19,20). The van der Waals surface area contributed by atoms with Gasteiger partial charge in [-0.05, 0) is 16.3 Å². The van der Waals surface area contributed by atoms with Crippen LogP contribution in [0.4, 0.5) is 0 Å². The molecule has 4 nitrogen and oxygen atoms in total. The summed E-state index contributed by atoms with van der Waals surface area (Å²) >= 11 is 0. The van der Waals surface area contributed by atoms with Crippen molar-refractivity contribution in [3.8, 4) is 0 Å². The van der Waals surface area contributed by atoms with E-state index in [1.165, 1.54) is 10.8 Å². The van der Waals surface area contributed by atoms with Crippen LogP contribution in [0, 0.1) is 0 Å². The number of hydrogen-bond acceptors (Lipinski definition) is 3. The first-order chi connectivity index (χ1) is 9.70.